The summed E-state index contributed by atoms with van der Waals surface area (Å²) in [6, 6.07) is 13.9. The van der Waals surface area contributed by atoms with Crippen LogP contribution in [0.15, 0.2) is 53.4 Å². The van der Waals surface area contributed by atoms with Crippen molar-refractivity contribution in [3.8, 4) is 5.75 Å². The van der Waals surface area contributed by atoms with Gasteiger partial charge in [0.15, 0.2) is 0 Å². The zero-order valence-corrected chi connectivity index (χ0v) is 12.4. The van der Waals surface area contributed by atoms with Crippen molar-refractivity contribution in [3.63, 3.8) is 0 Å². The summed E-state index contributed by atoms with van der Waals surface area (Å²) >= 11 is 1.51. The Balaban J connectivity index is 1.58. The molecule has 0 heterocycles. The fourth-order valence-electron chi connectivity index (χ4n) is 1.98. The van der Waals surface area contributed by atoms with Gasteiger partial charge in [0, 0.05) is 10.6 Å². The lowest BCUT2D eigenvalue weighted by molar-refractivity contribution is 0.203. The van der Waals surface area contributed by atoms with Crippen molar-refractivity contribution < 1.29 is 14.2 Å². The SMILES string of the molecule is OC(CSc1ccc(F)cc1)c1cccc(OC2CC2)c1. The number of halogens is 1. The Labute approximate surface area is 128 Å². The maximum Gasteiger partial charge on any atom is 0.123 e. The third kappa shape index (κ3) is 4.22. The normalized spacial score (nSPS) is 15.7. The number of aliphatic hydroxyl groups excluding tert-OH is 1. The highest BCUT2D eigenvalue weighted by Crippen LogP contribution is 2.30. The van der Waals surface area contributed by atoms with Crippen LogP contribution in [0.1, 0.15) is 24.5 Å². The van der Waals surface area contributed by atoms with Crippen molar-refractivity contribution in [2.45, 2.75) is 29.9 Å². The van der Waals surface area contributed by atoms with Gasteiger partial charge in [0.05, 0.1) is 12.2 Å². The van der Waals surface area contributed by atoms with Gasteiger partial charge in [-0.05, 0) is 54.8 Å². The third-order valence-corrected chi connectivity index (χ3v) is 4.38. The summed E-state index contributed by atoms with van der Waals surface area (Å²) in [7, 11) is 0. The van der Waals surface area contributed by atoms with Gasteiger partial charge in [-0.1, -0.05) is 12.1 Å². The molecule has 2 nitrogen and oxygen atoms in total. The molecule has 0 radical (unpaired) electrons. The van der Waals surface area contributed by atoms with E-state index in [4.69, 9.17) is 4.74 Å². The lowest BCUT2D eigenvalue weighted by Crippen LogP contribution is -2.02. The second kappa shape index (κ2) is 6.50. The van der Waals surface area contributed by atoms with Gasteiger partial charge in [-0.3, -0.25) is 0 Å². The topological polar surface area (TPSA) is 29.5 Å². The number of benzene rings is 2. The zero-order valence-electron chi connectivity index (χ0n) is 11.5. The van der Waals surface area contributed by atoms with Gasteiger partial charge in [-0.2, -0.15) is 0 Å². The van der Waals surface area contributed by atoms with E-state index in [1.807, 2.05) is 24.3 Å². The van der Waals surface area contributed by atoms with Crippen LogP contribution in [-0.4, -0.2) is 17.0 Å². The van der Waals surface area contributed by atoms with Crippen LogP contribution in [0.5, 0.6) is 5.75 Å². The highest BCUT2D eigenvalue weighted by molar-refractivity contribution is 7.99. The Hall–Kier alpha value is -1.52. The molecule has 0 aromatic heterocycles. The maximum atomic E-state index is 12.8. The van der Waals surface area contributed by atoms with Crippen LogP contribution in [0.3, 0.4) is 0 Å². The fraction of sp³-hybridized carbons (Fsp3) is 0.294. The molecule has 0 spiro atoms. The van der Waals surface area contributed by atoms with Crippen molar-refractivity contribution in [2.24, 2.45) is 0 Å². The van der Waals surface area contributed by atoms with Crippen molar-refractivity contribution in [1.82, 2.24) is 0 Å². The highest BCUT2D eigenvalue weighted by atomic mass is 32.2. The molecule has 0 aliphatic heterocycles. The summed E-state index contributed by atoms with van der Waals surface area (Å²) in [5.74, 6) is 1.10. The number of hydrogen-bond acceptors (Lipinski definition) is 3. The van der Waals surface area contributed by atoms with Gasteiger partial charge in [-0.25, -0.2) is 4.39 Å². The van der Waals surface area contributed by atoms with Crippen molar-refractivity contribution >= 4 is 11.8 Å². The van der Waals surface area contributed by atoms with E-state index in [2.05, 4.69) is 0 Å². The average Bonchev–Trinajstić information content (AvgIpc) is 3.30. The predicted octanol–water partition coefficient (Wildman–Crippen LogP) is 4.19. The monoisotopic (exact) mass is 304 g/mol. The molecule has 1 aliphatic rings. The number of ether oxygens (including phenoxy) is 1. The van der Waals surface area contributed by atoms with Gasteiger partial charge in [0.2, 0.25) is 0 Å². The highest BCUT2D eigenvalue weighted by Gasteiger charge is 2.23. The molecule has 0 saturated heterocycles. The quantitative estimate of drug-likeness (QED) is 0.811. The molecule has 1 N–H and O–H groups in total. The molecule has 0 amide bonds. The van der Waals surface area contributed by atoms with Crippen LogP contribution >= 0.6 is 11.8 Å². The average molecular weight is 304 g/mol. The van der Waals surface area contributed by atoms with E-state index in [9.17, 15) is 9.50 Å². The first-order valence-electron chi connectivity index (χ1n) is 7.04. The minimum absolute atomic E-state index is 0.246. The lowest BCUT2D eigenvalue weighted by Gasteiger charge is -2.12. The van der Waals surface area contributed by atoms with Gasteiger partial charge in [-0.15, -0.1) is 11.8 Å². The smallest absolute Gasteiger partial charge is 0.123 e. The lowest BCUT2D eigenvalue weighted by atomic mass is 10.1. The summed E-state index contributed by atoms with van der Waals surface area (Å²) in [6.45, 7) is 0. The summed E-state index contributed by atoms with van der Waals surface area (Å²) in [6.07, 6.45) is 2.02. The fourth-order valence-corrected chi connectivity index (χ4v) is 2.85. The Bertz CT molecular complexity index is 596. The van der Waals surface area contributed by atoms with Crippen molar-refractivity contribution in [1.29, 1.82) is 0 Å². The van der Waals surface area contributed by atoms with E-state index in [1.165, 1.54) is 23.9 Å². The molecule has 21 heavy (non-hydrogen) atoms. The molecule has 1 saturated carbocycles. The molecule has 4 heteroatoms. The summed E-state index contributed by atoms with van der Waals surface area (Å²) < 4.78 is 18.6. The van der Waals surface area contributed by atoms with Gasteiger partial charge >= 0.3 is 0 Å². The van der Waals surface area contributed by atoms with E-state index in [1.54, 1.807) is 12.1 Å². The molecule has 2 aromatic rings. The van der Waals surface area contributed by atoms with E-state index in [0.29, 0.717) is 11.9 Å². The molecular weight excluding hydrogens is 287 g/mol. The van der Waals surface area contributed by atoms with Gasteiger partial charge in [0.25, 0.3) is 0 Å². The minimum atomic E-state index is -0.567. The molecule has 1 unspecified atom stereocenters. The Morgan fingerprint density at radius 2 is 1.95 bits per heavy atom. The van der Waals surface area contributed by atoms with Crippen LogP contribution < -0.4 is 4.74 Å². The predicted molar refractivity (Wildman–Crippen MR) is 82.2 cm³/mol. The molecule has 1 fully saturated rings. The molecular formula is C17H17FO2S. The standard InChI is InChI=1S/C17H17FO2S/c18-13-4-8-16(9-5-13)21-11-17(19)12-2-1-3-15(10-12)20-14-6-7-14/h1-5,8-10,14,17,19H,6-7,11H2. The number of hydrogen-bond donors (Lipinski definition) is 1. The summed E-state index contributed by atoms with van der Waals surface area (Å²) in [5.41, 5.74) is 0.850. The second-order valence-corrected chi connectivity index (χ2v) is 6.26. The third-order valence-electron chi connectivity index (χ3n) is 3.29. The second-order valence-electron chi connectivity index (χ2n) is 5.17. The largest absolute Gasteiger partial charge is 0.490 e. The Kier molecular flexibility index (Phi) is 4.46. The van der Waals surface area contributed by atoms with E-state index in [-0.39, 0.29) is 5.82 Å². The number of rotatable bonds is 6. The number of aliphatic hydroxyl groups is 1. The molecule has 1 aliphatic carbocycles. The first-order valence-corrected chi connectivity index (χ1v) is 8.02. The molecule has 3 rings (SSSR count). The zero-order chi connectivity index (χ0) is 14.7. The first-order chi connectivity index (χ1) is 10.2. The molecule has 1 atom stereocenters. The van der Waals surface area contributed by atoms with Crippen molar-refractivity contribution in [3.05, 3.63) is 59.9 Å². The van der Waals surface area contributed by atoms with E-state index in [0.717, 1.165) is 29.1 Å². The van der Waals surface area contributed by atoms with Gasteiger partial charge < -0.3 is 9.84 Å². The molecule has 2 aromatic carbocycles. The van der Waals surface area contributed by atoms with Crippen LogP contribution in [0, 0.1) is 5.82 Å². The van der Waals surface area contributed by atoms with Gasteiger partial charge in [0.1, 0.15) is 11.6 Å². The Morgan fingerprint density at radius 1 is 1.19 bits per heavy atom. The molecule has 110 valence electrons. The minimum Gasteiger partial charge on any atom is -0.490 e. The first kappa shape index (κ1) is 14.4. The van der Waals surface area contributed by atoms with Crippen molar-refractivity contribution in [2.75, 3.05) is 5.75 Å². The van der Waals surface area contributed by atoms with E-state index >= 15 is 0 Å². The van der Waals surface area contributed by atoms with Crippen LogP contribution in [-0.2, 0) is 0 Å². The number of thioether (sulfide) groups is 1. The summed E-state index contributed by atoms with van der Waals surface area (Å²) in [4.78, 5) is 0.945. The summed E-state index contributed by atoms with van der Waals surface area (Å²) in [5, 5.41) is 10.3. The maximum absolute atomic E-state index is 12.8. The van der Waals surface area contributed by atoms with E-state index < -0.39 is 6.10 Å². The van der Waals surface area contributed by atoms with Crippen LogP contribution in [0.2, 0.25) is 0 Å². The Morgan fingerprint density at radius 3 is 2.67 bits per heavy atom. The molecule has 0 bridgehead atoms. The van der Waals surface area contributed by atoms with Crippen LogP contribution in [0.25, 0.3) is 0 Å². The van der Waals surface area contributed by atoms with Crippen LogP contribution in [0.4, 0.5) is 4.39 Å².